The van der Waals surface area contributed by atoms with Crippen LogP contribution in [0.5, 0.6) is 0 Å². The van der Waals surface area contributed by atoms with Gasteiger partial charge in [0.15, 0.2) is 5.78 Å². The third kappa shape index (κ3) is 2.49. The zero-order valence-corrected chi connectivity index (χ0v) is 9.91. The number of hydrogen-bond acceptors (Lipinski definition) is 5. The third-order valence-electron chi connectivity index (χ3n) is 2.04. The van der Waals surface area contributed by atoms with E-state index in [1.165, 1.54) is 11.3 Å². The first-order valence-electron chi connectivity index (χ1n) is 4.89. The van der Waals surface area contributed by atoms with Crippen molar-refractivity contribution in [2.24, 2.45) is 0 Å². The average Bonchev–Trinajstić information content (AvgIpc) is 2.64. The summed E-state index contributed by atoms with van der Waals surface area (Å²) in [6.45, 7) is 3.68. The van der Waals surface area contributed by atoms with Gasteiger partial charge in [-0.05, 0) is 19.9 Å². The molecule has 0 fully saturated rings. The molecule has 0 aromatic carbocycles. The van der Waals surface area contributed by atoms with E-state index in [1.807, 2.05) is 12.3 Å². The molecule has 16 heavy (non-hydrogen) atoms. The minimum Gasteiger partial charge on any atom is -0.292 e. The van der Waals surface area contributed by atoms with Crippen molar-refractivity contribution in [1.29, 1.82) is 0 Å². The van der Waals surface area contributed by atoms with Crippen molar-refractivity contribution in [1.82, 2.24) is 15.0 Å². The van der Waals surface area contributed by atoms with Gasteiger partial charge < -0.3 is 0 Å². The number of carbonyl (C=O) groups excluding carboxylic acids is 1. The Hall–Kier alpha value is -1.62. The maximum atomic E-state index is 11.9. The van der Waals surface area contributed by atoms with Crippen molar-refractivity contribution in [3.8, 4) is 0 Å². The number of Topliss-reactive ketones (excluding diaryl/α,β-unsaturated/α-hetero) is 1. The molecule has 0 atom stereocenters. The van der Waals surface area contributed by atoms with Crippen LogP contribution in [-0.4, -0.2) is 20.7 Å². The third-order valence-corrected chi connectivity index (χ3v) is 3.01. The van der Waals surface area contributed by atoms with Gasteiger partial charge in [0.25, 0.3) is 0 Å². The van der Waals surface area contributed by atoms with E-state index in [2.05, 4.69) is 15.0 Å². The lowest BCUT2D eigenvalue weighted by atomic mass is 10.2. The monoisotopic (exact) mass is 233 g/mol. The Morgan fingerprint density at radius 2 is 2.19 bits per heavy atom. The van der Waals surface area contributed by atoms with E-state index in [4.69, 9.17) is 0 Å². The first kappa shape index (κ1) is 10.9. The summed E-state index contributed by atoms with van der Waals surface area (Å²) in [4.78, 5) is 24.2. The van der Waals surface area contributed by atoms with Crippen LogP contribution in [0.1, 0.15) is 27.0 Å². The number of rotatable bonds is 3. The summed E-state index contributed by atoms with van der Waals surface area (Å²) in [5.41, 5.74) is 1.41. The standard InChI is InChI=1S/C11H11N3OS/c1-7-6-16-11(13-7)5-10(15)9-3-4-12-8(2)14-9/h3-4,6H,5H2,1-2H3. The molecular formula is C11H11N3OS. The van der Waals surface area contributed by atoms with E-state index in [0.29, 0.717) is 17.9 Å². The van der Waals surface area contributed by atoms with Gasteiger partial charge in [0, 0.05) is 17.3 Å². The van der Waals surface area contributed by atoms with Crippen LogP contribution in [0.25, 0.3) is 0 Å². The molecule has 2 aromatic heterocycles. The smallest absolute Gasteiger partial charge is 0.188 e. The molecule has 0 radical (unpaired) electrons. The fraction of sp³-hybridized carbons (Fsp3) is 0.273. The van der Waals surface area contributed by atoms with E-state index in [1.54, 1.807) is 19.2 Å². The molecular weight excluding hydrogens is 222 g/mol. The molecule has 2 aromatic rings. The number of carbonyl (C=O) groups is 1. The molecule has 4 nitrogen and oxygen atoms in total. The average molecular weight is 233 g/mol. The van der Waals surface area contributed by atoms with Gasteiger partial charge in [-0.2, -0.15) is 0 Å². The van der Waals surface area contributed by atoms with Crippen LogP contribution < -0.4 is 0 Å². The summed E-state index contributed by atoms with van der Waals surface area (Å²) in [7, 11) is 0. The molecule has 0 aliphatic carbocycles. The van der Waals surface area contributed by atoms with Crippen LogP contribution in [0.15, 0.2) is 17.6 Å². The lowest BCUT2D eigenvalue weighted by molar-refractivity contribution is 0.0987. The van der Waals surface area contributed by atoms with Gasteiger partial charge in [-0.15, -0.1) is 11.3 Å². The van der Waals surface area contributed by atoms with Gasteiger partial charge >= 0.3 is 0 Å². The Balaban J connectivity index is 2.14. The van der Waals surface area contributed by atoms with Crippen LogP contribution in [0.3, 0.4) is 0 Å². The van der Waals surface area contributed by atoms with Crippen molar-refractivity contribution < 1.29 is 4.79 Å². The highest BCUT2D eigenvalue weighted by molar-refractivity contribution is 7.09. The lowest BCUT2D eigenvalue weighted by Crippen LogP contribution is -2.07. The lowest BCUT2D eigenvalue weighted by Gasteiger charge is -1.98. The second-order valence-corrected chi connectivity index (χ2v) is 4.41. The van der Waals surface area contributed by atoms with Gasteiger partial charge in [0.05, 0.1) is 6.42 Å². The minimum absolute atomic E-state index is 0.0140. The summed E-state index contributed by atoms with van der Waals surface area (Å²) in [6, 6.07) is 1.63. The van der Waals surface area contributed by atoms with Crippen molar-refractivity contribution in [2.75, 3.05) is 0 Å². The molecule has 0 spiro atoms. The van der Waals surface area contributed by atoms with Crippen LogP contribution in [0.2, 0.25) is 0 Å². The van der Waals surface area contributed by atoms with E-state index in [-0.39, 0.29) is 5.78 Å². The number of hydrogen-bond donors (Lipinski definition) is 0. The Morgan fingerprint density at radius 1 is 1.38 bits per heavy atom. The molecule has 2 rings (SSSR count). The maximum Gasteiger partial charge on any atom is 0.188 e. The fourth-order valence-corrected chi connectivity index (χ4v) is 2.09. The molecule has 0 amide bonds. The second kappa shape index (κ2) is 4.49. The molecule has 0 aliphatic heterocycles. The van der Waals surface area contributed by atoms with Crippen LogP contribution in [-0.2, 0) is 6.42 Å². The topological polar surface area (TPSA) is 55.7 Å². The predicted molar refractivity (Wildman–Crippen MR) is 61.7 cm³/mol. The summed E-state index contributed by atoms with van der Waals surface area (Å²) in [5, 5.41) is 2.77. The highest BCUT2D eigenvalue weighted by Crippen LogP contribution is 2.11. The summed E-state index contributed by atoms with van der Waals surface area (Å²) in [5.74, 6) is 0.598. The van der Waals surface area contributed by atoms with Gasteiger partial charge in [-0.1, -0.05) is 0 Å². The molecule has 0 bridgehead atoms. The van der Waals surface area contributed by atoms with Gasteiger partial charge in [0.2, 0.25) is 0 Å². The van der Waals surface area contributed by atoms with Crippen molar-refractivity contribution >= 4 is 17.1 Å². The van der Waals surface area contributed by atoms with E-state index in [0.717, 1.165) is 10.7 Å². The predicted octanol–water partition coefficient (Wildman–Crippen LogP) is 1.98. The number of nitrogens with zero attached hydrogens (tertiary/aromatic N) is 3. The Labute approximate surface area is 97.4 Å². The largest absolute Gasteiger partial charge is 0.292 e. The maximum absolute atomic E-state index is 11.9. The van der Waals surface area contributed by atoms with Crippen molar-refractivity contribution in [3.05, 3.63) is 39.9 Å². The molecule has 0 aliphatic rings. The van der Waals surface area contributed by atoms with E-state index < -0.39 is 0 Å². The summed E-state index contributed by atoms with van der Waals surface area (Å²) in [6.07, 6.45) is 1.91. The van der Waals surface area contributed by atoms with Gasteiger partial charge in [-0.3, -0.25) is 4.79 Å². The van der Waals surface area contributed by atoms with Crippen LogP contribution in [0.4, 0.5) is 0 Å². The number of thiazole rings is 1. The number of aromatic nitrogens is 3. The van der Waals surface area contributed by atoms with Gasteiger partial charge in [0.1, 0.15) is 16.5 Å². The summed E-state index contributed by atoms with van der Waals surface area (Å²) < 4.78 is 0. The highest BCUT2D eigenvalue weighted by Gasteiger charge is 2.11. The van der Waals surface area contributed by atoms with Crippen LogP contribution in [0, 0.1) is 13.8 Å². The van der Waals surface area contributed by atoms with E-state index in [9.17, 15) is 4.79 Å². The van der Waals surface area contributed by atoms with Gasteiger partial charge in [-0.25, -0.2) is 15.0 Å². The molecule has 0 N–H and O–H groups in total. The zero-order valence-electron chi connectivity index (χ0n) is 9.10. The van der Waals surface area contributed by atoms with Crippen LogP contribution >= 0.6 is 11.3 Å². The quantitative estimate of drug-likeness (QED) is 0.761. The first-order chi connectivity index (χ1) is 7.65. The zero-order chi connectivity index (χ0) is 11.5. The SMILES string of the molecule is Cc1csc(CC(=O)c2ccnc(C)n2)n1. The molecule has 82 valence electrons. The number of ketones is 1. The number of aryl methyl sites for hydroxylation is 2. The van der Waals surface area contributed by atoms with Crippen molar-refractivity contribution in [2.45, 2.75) is 20.3 Å². The van der Waals surface area contributed by atoms with Crippen molar-refractivity contribution in [3.63, 3.8) is 0 Å². The summed E-state index contributed by atoms with van der Waals surface area (Å²) >= 11 is 1.50. The Morgan fingerprint density at radius 3 is 2.81 bits per heavy atom. The Bertz CT molecular complexity index is 521. The minimum atomic E-state index is -0.0140. The fourth-order valence-electron chi connectivity index (χ4n) is 1.32. The Kier molecular flexibility index (Phi) is 3.05. The molecule has 0 unspecified atom stereocenters. The van der Waals surface area contributed by atoms with E-state index >= 15 is 0 Å². The first-order valence-corrected chi connectivity index (χ1v) is 5.77. The molecule has 0 saturated heterocycles. The normalized spacial score (nSPS) is 10.4. The molecule has 2 heterocycles. The highest BCUT2D eigenvalue weighted by atomic mass is 32.1. The second-order valence-electron chi connectivity index (χ2n) is 3.47. The molecule has 0 saturated carbocycles. The molecule has 5 heteroatoms.